The average molecular weight is 361 g/mol. The Bertz CT molecular complexity index is 1060. The molecule has 1 aliphatic rings. The molecule has 0 bridgehead atoms. The Morgan fingerprint density at radius 2 is 2.04 bits per heavy atom. The molecule has 1 aliphatic carbocycles. The summed E-state index contributed by atoms with van der Waals surface area (Å²) < 4.78 is 28.1. The predicted molar refractivity (Wildman–Crippen MR) is 90.3 cm³/mol. The quantitative estimate of drug-likeness (QED) is 0.763. The number of thiazole rings is 1. The lowest BCUT2D eigenvalue weighted by molar-refractivity contribution is 0.102. The third-order valence-corrected chi connectivity index (χ3v) is 5.38. The SMILES string of the molecule is O=C(Nc1ccc(F)cc1F)c1cnc2sc3c(n2c1=O)CCCC3. The van der Waals surface area contributed by atoms with Crippen molar-refractivity contribution >= 4 is 27.9 Å². The van der Waals surface area contributed by atoms with Crippen LogP contribution in [0.4, 0.5) is 14.5 Å². The number of aromatic nitrogens is 2. The molecule has 0 radical (unpaired) electrons. The van der Waals surface area contributed by atoms with Crippen LogP contribution in [0.15, 0.2) is 29.2 Å². The van der Waals surface area contributed by atoms with Crippen LogP contribution in [0, 0.1) is 11.6 Å². The summed E-state index contributed by atoms with van der Waals surface area (Å²) in [5.74, 6) is -2.42. The van der Waals surface area contributed by atoms with E-state index in [0.717, 1.165) is 48.4 Å². The van der Waals surface area contributed by atoms with Crippen molar-refractivity contribution in [1.82, 2.24) is 9.38 Å². The van der Waals surface area contributed by atoms with E-state index in [9.17, 15) is 18.4 Å². The second-order valence-electron chi connectivity index (χ2n) is 5.85. The molecule has 2 aromatic heterocycles. The van der Waals surface area contributed by atoms with E-state index in [4.69, 9.17) is 0 Å². The molecule has 128 valence electrons. The Kier molecular flexibility index (Phi) is 3.84. The lowest BCUT2D eigenvalue weighted by Gasteiger charge is -2.10. The van der Waals surface area contributed by atoms with Crippen molar-refractivity contribution in [2.75, 3.05) is 5.32 Å². The van der Waals surface area contributed by atoms with E-state index in [1.165, 1.54) is 21.9 Å². The van der Waals surface area contributed by atoms with E-state index in [-0.39, 0.29) is 11.3 Å². The number of benzene rings is 1. The number of anilines is 1. The molecule has 1 N–H and O–H groups in total. The summed E-state index contributed by atoms with van der Waals surface area (Å²) in [6.07, 6.45) is 4.95. The van der Waals surface area contributed by atoms with Crippen LogP contribution in [-0.4, -0.2) is 15.3 Å². The van der Waals surface area contributed by atoms with Crippen molar-refractivity contribution in [3.63, 3.8) is 0 Å². The van der Waals surface area contributed by atoms with Crippen LogP contribution < -0.4 is 10.9 Å². The van der Waals surface area contributed by atoms with Gasteiger partial charge in [-0.25, -0.2) is 13.8 Å². The maximum Gasteiger partial charge on any atom is 0.271 e. The number of carbonyl (C=O) groups is 1. The van der Waals surface area contributed by atoms with Gasteiger partial charge in [-0.15, -0.1) is 11.3 Å². The fourth-order valence-electron chi connectivity index (χ4n) is 3.00. The molecule has 0 aliphatic heterocycles. The number of nitrogens with one attached hydrogen (secondary N) is 1. The summed E-state index contributed by atoms with van der Waals surface area (Å²) in [5.41, 5.74) is 0.0754. The van der Waals surface area contributed by atoms with Crippen molar-refractivity contribution in [2.24, 2.45) is 0 Å². The third kappa shape index (κ3) is 2.72. The summed E-state index contributed by atoms with van der Waals surface area (Å²) in [6.45, 7) is 0. The van der Waals surface area contributed by atoms with Gasteiger partial charge in [-0.05, 0) is 37.8 Å². The van der Waals surface area contributed by atoms with Crippen LogP contribution in [-0.2, 0) is 12.8 Å². The Morgan fingerprint density at radius 1 is 1.24 bits per heavy atom. The average Bonchev–Trinajstić information content (AvgIpc) is 2.97. The standard InChI is InChI=1S/C17H13F2N3O2S/c18-9-5-6-12(11(19)7-9)21-15(23)10-8-20-17-22(16(10)24)13-3-1-2-4-14(13)25-17/h5-8H,1-4H2,(H,21,23). The maximum atomic E-state index is 13.7. The van der Waals surface area contributed by atoms with Crippen molar-refractivity contribution in [2.45, 2.75) is 25.7 Å². The van der Waals surface area contributed by atoms with Gasteiger partial charge in [0.05, 0.1) is 5.69 Å². The largest absolute Gasteiger partial charge is 0.319 e. The summed E-state index contributed by atoms with van der Waals surface area (Å²) in [7, 11) is 0. The van der Waals surface area contributed by atoms with Gasteiger partial charge in [0.1, 0.15) is 17.2 Å². The van der Waals surface area contributed by atoms with E-state index >= 15 is 0 Å². The molecule has 0 unspecified atom stereocenters. The highest BCUT2D eigenvalue weighted by Crippen LogP contribution is 2.28. The van der Waals surface area contributed by atoms with Crippen LogP contribution in [0.5, 0.6) is 0 Å². The van der Waals surface area contributed by atoms with Gasteiger partial charge in [0.15, 0.2) is 4.96 Å². The minimum Gasteiger partial charge on any atom is -0.319 e. The van der Waals surface area contributed by atoms with Gasteiger partial charge < -0.3 is 5.32 Å². The second-order valence-corrected chi connectivity index (χ2v) is 6.91. The molecular formula is C17H13F2N3O2S. The van der Waals surface area contributed by atoms with Crippen molar-refractivity contribution in [3.8, 4) is 0 Å². The Hall–Kier alpha value is -2.61. The van der Waals surface area contributed by atoms with E-state index in [1.807, 2.05) is 0 Å². The Balaban J connectivity index is 1.75. The number of rotatable bonds is 2. The van der Waals surface area contributed by atoms with E-state index in [2.05, 4.69) is 10.3 Å². The summed E-state index contributed by atoms with van der Waals surface area (Å²) >= 11 is 1.46. The van der Waals surface area contributed by atoms with Crippen LogP contribution >= 0.6 is 11.3 Å². The molecule has 1 aromatic carbocycles. The van der Waals surface area contributed by atoms with E-state index in [1.54, 1.807) is 0 Å². The lowest BCUT2D eigenvalue weighted by Crippen LogP contribution is -2.27. The number of fused-ring (bicyclic) bond motifs is 3. The monoisotopic (exact) mass is 361 g/mol. The van der Waals surface area contributed by atoms with Crippen LogP contribution in [0.3, 0.4) is 0 Å². The van der Waals surface area contributed by atoms with Gasteiger partial charge in [-0.3, -0.25) is 14.0 Å². The molecule has 2 heterocycles. The smallest absolute Gasteiger partial charge is 0.271 e. The second kappa shape index (κ2) is 6.03. The summed E-state index contributed by atoms with van der Waals surface area (Å²) in [4.78, 5) is 31.0. The molecule has 0 spiro atoms. The molecule has 0 saturated carbocycles. The highest BCUT2D eigenvalue weighted by Gasteiger charge is 2.21. The molecular weight excluding hydrogens is 348 g/mol. The first-order valence-electron chi connectivity index (χ1n) is 7.83. The highest BCUT2D eigenvalue weighted by molar-refractivity contribution is 7.17. The lowest BCUT2D eigenvalue weighted by atomic mass is 10.0. The maximum absolute atomic E-state index is 13.7. The number of carbonyl (C=O) groups excluding carboxylic acids is 1. The number of hydrogen-bond acceptors (Lipinski definition) is 4. The molecule has 3 aromatic rings. The van der Waals surface area contributed by atoms with Crippen molar-refractivity contribution in [1.29, 1.82) is 0 Å². The molecule has 0 fully saturated rings. The van der Waals surface area contributed by atoms with Gasteiger partial charge in [-0.2, -0.15) is 0 Å². The van der Waals surface area contributed by atoms with Crippen molar-refractivity contribution in [3.05, 3.63) is 62.5 Å². The molecule has 25 heavy (non-hydrogen) atoms. The number of aryl methyl sites for hydroxylation is 2. The van der Waals surface area contributed by atoms with Crippen LogP contribution in [0.1, 0.15) is 33.8 Å². The van der Waals surface area contributed by atoms with Crippen LogP contribution in [0.2, 0.25) is 0 Å². The van der Waals surface area contributed by atoms with E-state index in [0.29, 0.717) is 11.0 Å². The zero-order valence-corrected chi connectivity index (χ0v) is 13.8. The Labute approximate surface area is 145 Å². The first-order valence-corrected chi connectivity index (χ1v) is 8.65. The van der Waals surface area contributed by atoms with Crippen molar-refractivity contribution < 1.29 is 13.6 Å². The minimum absolute atomic E-state index is 0.174. The molecule has 0 atom stereocenters. The number of hydrogen-bond donors (Lipinski definition) is 1. The van der Waals surface area contributed by atoms with E-state index < -0.39 is 23.1 Å². The minimum atomic E-state index is -0.907. The fraction of sp³-hybridized carbons (Fsp3) is 0.235. The molecule has 8 heteroatoms. The topological polar surface area (TPSA) is 63.5 Å². The molecule has 1 amide bonds. The zero-order valence-electron chi connectivity index (χ0n) is 13.0. The van der Waals surface area contributed by atoms with Gasteiger partial charge in [0.25, 0.3) is 11.5 Å². The first-order chi connectivity index (χ1) is 12.0. The first kappa shape index (κ1) is 15.9. The number of nitrogens with zero attached hydrogens (tertiary/aromatic N) is 2. The summed E-state index contributed by atoms with van der Waals surface area (Å²) in [5, 5.41) is 2.30. The van der Waals surface area contributed by atoms with Gasteiger partial charge >= 0.3 is 0 Å². The number of halogens is 2. The van der Waals surface area contributed by atoms with Gasteiger partial charge in [0, 0.05) is 22.8 Å². The molecule has 4 rings (SSSR count). The fourth-order valence-corrected chi connectivity index (χ4v) is 4.17. The molecule has 5 nitrogen and oxygen atoms in total. The zero-order chi connectivity index (χ0) is 17.6. The summed E-state index contributed by atoms with van der Waals surface area (Å²) in [6, 6.07) is 2.81. The van der Waals surface area contributed by atoms with Crippen LogP contribution in [0.25, 0.3) is 4.96 Å². The normalized spacial score (nSPS) is 13.7. The van der Waals surface area contributed by atoms with Gasteiger partial charge in [0.2, 0.25) is 0 Å². The highest BCUT2D eigenvalue weighted by atomic mass is 32.1. The number of amides is 1. The van der Waals surface area contributed by atoms with Gasteiger partial charge in [-0.1, -0.05) is 0 Å². The third-order valence-electron chi connectivity index (χ3n) is 4.23. The molecule has 0 saturated heterocycles. The predicted octanol–water partition coefficient (Wildman–Crippen LogP) is 3.17. The Morgan fingerprint density at radius 3 is 2.84 bits per heavy atom.